The molecular weight excluding hydrogens is 431 g/mol. The van der Waals surface area contributed by atoms with Crippen LogP contribution >= 0.6 is 0 Å². The van der Waals surface area contributed by atoms with Crippen molar-refractivity contribution in [2.45, 2.75) is 32.1 Å². The Kier molecular flexibility index (Phi) is 10.5. The normalized spacial score (nSPS) is 11.1. The molecule has 0 aliphatic rings. The highest BCUT2D eigenvalue weighted by Crippen LogP contribution is 2.14. The minimum atomic E-state index is -5.19. The number of halogens is 3. The molecule has 0 atom stereocenters. The molecule has 3 aromatic rings. The molecule has 5 nitrogen and oxygen atoms in total. The van der Waals surface area contributed by atoms with Gasteiger partial charge in [-0.1, -0.05) is 54.6 Å². The number of carboxylic acid groups (broad SMARTS) is 1. The van der Waals surface area contributed by atoms with Gasteiger partial charge in [-0.25, -0.2) is 0 Å². The van der Waals surface area contributed by atoms with Crippen molar-refractivity contribution < 1.29 is 28.8 Å². The summed E-state index contributed by atoms with van der Waals surface area (Å²) in [5, 5.41) is 8.78. The minimum absolute atomic E-state index is 0.956. The monoisotopic (exact) mass is 459 g/mol. The van der Waals surface area contributed by atoms with Crippen LogP contribution in [0, 0.1) is 0 Å². The van der Waals surface area contributed by atoms with E-state index in [9.17, 15) is 13.2 Å². The van der Waals surface area contributed by atoms with E-state index in [-0.39, 0.29) is 0 Å². The molecule has 3 N–H and O–H groups in total. The SMILES string of the molecule is O=C([O-])C(F)(F)F.[NH3+]CCCN(Cc1ccccc1)Cc1ccc(Cc2ccncc2)cc1. The molecule has 0 amide bonds. The van der Waals surface area contributed by atoms with Gasteiger partial charge in [0.15, 0.2) is 0 Å². The minimum Gasteiger partial charge on any atom is -0.542 e. The Bertz CT molecular complexity index is 950. The van der Waals surface area contributed by atoms with Gasteiger partial charge in [-0.05, 0) is 40.8 Å². The van der Waals surface area contributed by atoms with Crippen molar-refractivity contribution >= 4 is 5.97 Å². The third kappa shape index (κ3) is 10.3. The molecule has 176 valence electrons. The number of hydrogen-bond donors (Lipinski definition) is 1. The largest absolute Gasteiger partial charge is 0.542 e. The highest BCUT2D eigenvalue weighted by atomic mass is 19.4. The molecule has 0 aliphatic heterocycles. The number of pyridine rings is 1. The molecule has 0 fully saturated rings. The first-order valence-corrected chi connectivity index (χ1v) is 10.6. The average molecular weight is 460 g/mol. The van der Waals surface area contributed by atoms with Crippen LogP contribution in [0.15, 0.2) is 79.1 Å². The lowest BCUT2D eigenvalue weighted by Gasteiger charge is -2.22. The second-order valence-corrected chi connectivity index (χ2v) is 7.54. The van der Waals surface area contributed by atoms with Crippen LogP contribution in [-0.2, 0) is 24.3 Å². The van der Waals surface area contributed by atoms with E-state index < -0.39 is 12.1 Å². The molecule has 0 bridgehead atoms. The zero-order valence-corrected chi connectivity index (χ0v) is 18.3. The van der Waals surface area contributed by atoms with Crippen molar-refractivity contribution in [3.63, 3.8) is 0 Å². The molecule has 1 aromatic heterocycles. The van der Waals surface area contributed by atoms with E-state index in [1.807, 2.05) is 12.4 Å². The van der Waals surface area contributed by atoms with Crippen LogP contribution in [0.1, 0.15) is 28.7 Å². The van der Waals surface area contributed by atoms with Crippen LogP contribution in [0.25, 0.3) is 0 Å². The number of benzene rings is 2. The van der Waals surface area contributed by atoms with Crippen LogP contribution in [0.2, 0.25) is 0 Å². The molecule has 0 unspecified atom stereocenters. The smallest absolute Gasteiger partial charge is 0.430 e. The maximum atomic E-state index is 10.5. The van der Waals surface area contributed by atoms with Gasteiger partial charge in [0.25, 0.3) is 0 Å². The number of carboxylic acids is 1. The summed E-state index contributed by atoms with van der Waals surface area (Å²) in [4.78, 5) is 15.4. The predicted molar refractivity (Wildman–Crippen MR) is 117 cm³/mol. The standard InChI is InChI=1S/C23H27N3.C2HF3O2/c24-13-4-16-26(18-22-5-2-1-3-6-22)19-23-9-7-20(8-10-23)17-21-11-14-25-15-12-21;3-2(4,5)1(6)7/h1-3,5-12,14-15H,4,13,16-19,24H2;(H,6,7). The Balaban J connectivity index is 0.000000479. The van der Waals surface area contributed by atoms with Crippen molar-refractivity contribution in [2.24, 2.45) is 0 Å². The van der Waals surface area contributed by atoms with Crippen molar-refractivity contribution in [2.75, 3.05) is 13.1 Å². The lowest BCUT2D eigenvalue weighted by Crippen LogP contribution is -2.51. The van der Waals surface area contributed by atoms with Crippen LogP contribution in [0.4, 0.5) is 13.2 Å². The van der Waals surface area contributed by atoms with Gasteiger partial charge in [0.2, 0.25) is 0 Å². The number of hydrogen-bond acceptors (Lipinski definition) is 4. The average Bonchev–Trinajstić information content (AvgIpc) is 2.80. The summed E-state index contributed by atoms with van der Waals surface area (Å²) >= 11 is 0. The number of carbonyl (C=O) groups is 1. The molecule has 33 heavy (non-hydrogen) atoms. The number of aliphatic carboxylic acids is 1. The second-order valence-electron chi connectivity index (χ2n) is 7.54. The van der Waals surface area contributed by atoms with E-state index >= 15 is 0 Å². The maximum Gasteiger partial charge on any atom is 0.430 e. The van der Waals surface area contributed by atoms with E-state index in [4.69, 9.17) is 9.90 Å². The number of nitrogens with zero attached hydrogens (tertiary/aromatic N) is 2. The van der Waals surface area contributed by atoms with E-state index in [0.29, 0.717) is 0 Å². The van der Waals surface area contributed by atoms with Gasteiger partial charge in [-0.15, -0.1) is 0 Å². The summed E-state index contributed by atoms with van der Waals surface area (Å²) in [6, 6.07) is 23.9. The van der Waals surface area contributed by atoms with Gasteiger partial charge in [0, 0.05) is 38.4 Å². The predicted octanol–water partition coefficient (Wildman–Crippen LogP) is 2.61. The Morgan fingerprint density at radius 3 is 1.85 bits per heavy atom. The molecule has 8 heteroatoms. The maximum absolute atomic E-state index is 10.5. The molecule has 3 rings (SSSR count). The number of quaternary nitrogens is 1. The quantitative estimate of drug-likeness (QED) is 0.533. The Morgan fingerprint density at radius 2 is 1.33 bits per heavy atom. The number of alkyl halides is 3. The van der Waals surface area contributed by atoms with Gasteiger partial charge in [0.1, 0.15) is 5.97 Å². The molecule has 1 heterocycles. The topological polar surface area (TPSA) is 83.9 Å². The highest BCUT2D eigenvalue weighted by Gasteiger charge is 2.28. The van der Waals surface area contributed by atoms with Crippen molar-refractivity contribution in [3.05, 3.63) is 101 Å². The molecule has 0 saturated carbocycles. The van der Waals surface area contributed by atoms with Crippen molar-refractivity contribution in [3.8, 4) is 0 Å². The Morgan fingerprint density at radius 1 is 0.848 bits per heavy atom. The first-order chi connectivity index (χ1) is 15.8. The van der Waals surface area contributed by atoms with Crippen LogP contribution in [-0.4, -0.2) is 35.1 Å². The van der Waals surface area contributed by atoms with Gasteiger partial charge in [-0.2, -0.15) is 13.2 Å². The van der Waals surface area contributed by atoms with Crippen molar-refractivity contribution in [1.29, 1.82) is 0 Å². The third-order valence-corrected chi connectivity index (χ3v) is 4.79. The van der Waals surface area contributed by atoms with E-state index in [1.165, 1.54) is 22.3 Å². The fourth-order valence-corrected chi connectivity index (χ4v) is 3.15. The molecule has 2 aromatic carbocycles. The lowest BCUT2D eigenvalue weighted by molar-refractivity contribution is -0.368. The summed E-state index contributed by atoms with van der Waals surface area (Å²) in [7, 11) is 0. The second kappa shape index (κ2) is 13.3. The lowest BCUT2D eigenvalue weighted by atomic mass is 10.0. The van der Waals surface area contributed by atoms with Gasteiger partial charge < -0.3 is 15.6 Å². The van der Waals surface area contributed by atoms with Crippen LogP contribution in [0.5, 0.6) is 0 Å². The van der Waals surface area contributed by atoms with E-state index in [0.717, 1.165) is 39.0 Å². The van der Waals surface area contributed by atoms with E-state index in [1.54, 1.807) is 0 Å². The fourth-order valence-electron chi connectivity index (χ4n) is 3.15. The van der Waals surface area contributed by atoms with Gasteiger partial charge in [0.05, 0.1) is 6.54 Å². The highest BCUT2D eigenvalue weighted by molar-refractivity contribution is 5.70. The molecule has 0 aliphatic carbocycles. The van der Waals surface area contributed by atoms with Gasteiger partial charge in [-0.3, -0.25) is 9.88 Å². The zero-order valence-electron chi connectivity index (χ0n) is 18.3. The summed E-state index contributed by atoms with van der Waals surface area (Å²) < 4.78 is 31.5. The molecule has 0 radical (unpaired) electrons. The van der Waals surface area contributed by atoms with E-state index in [2.05, 4.69) is 82.3 Å². The van der Waals surface area contributed by atoms with Crippen LogP contribution in [0.3, 0.4) is 0 Å². The summed E-state index contributed by atoms with van der Waals surface area (Å²) in [6.45, 7) is 4.03. The zero-order chi connectivity index (χ0) is 24.1. The molecular formula is C25H28F3N3O2. The number of rotatable bonds is 9. The summed E-state index contributed by atoms with van der Waals surface area (Å²) in [5.74, 6) is -3.01. The number of carbonyl (C=O) groups excluding carboxylic acids is 1. The first kappa shape index (κ1) is 26.0. The number of aromatic nitrogens is 1. The molecule has 0 saturated heterocycles. The fraction of sp³-hybridized carbons (Fsp3) is 0.280. The third-order valence-electron chi connectivity index (χ3n) is 4.79. The Hall–Kier alpha value is -3.23. The van der Waals surface area contributed by atoms with Crippen LogP contribution < -0.4 is 10.8 Å². The van der Waals surface area contributed by atoms with Crippen molar-refractivity contribution in [1.82, 2.24) is 9.88 Å². The molecule has 0 spiro atoms. The Labute approximate surface area is 191 Å². The first-order valence-electron chi connectivity index (χ1n) is 10.6. The van der Waals surface area contributed by atoms with Gasteiger partial charge >= 0.3 is 6.18 Å². The summed E-state index contributed by atoms with van der Waals surface area (Å²) in [6.07, 6.45) is 0.604. The summed E-state index contributed by atoms with van der Waals surface area (Å²) in [5.41, 5.74) is 9.36.